The van der Waals surface area contributed by atoms with Crippen molar-refractivity contribution in [3.05, 3.63) is 30.3 Å². The highest BCUT2D eigenvalue weighted by Crippen LogP contribution is 2.10. The van der Waals surface area contributed by atoms with Crippen molar-refractivity contribution in [2.24, 2.45) is 0 Å². The monoisotopic (exact) mass is 307 g/mol. The third-order valence-electron chi connectivity index (χ3n) is 3.79. The molecule has 0 unspecified atom stereocenters. The molecule has 0 aliphatic rings. The summed E-state index contributed by atoms with van der Waals surface area (Å²) < 4.78 is 0. The van der Waals surface area contributed by atoms with Crippen LogP contribution in [0, 0.1) is 0 Å². The maximum Gasteiger partial charge on any atom is 0.115 e. The number of aromatic hydroxyl groups is 1. The summed E-state index contributed by atoms with van der Waals surface area (Å²) in [6, 6.07) is 8.71. The fourth-order valence-electron chi connectivity index (χ4n) is 2.39. The molecule has 0 aliphatic carbocycles. The number of benzene rings is 1. The van der Waals surface area contributed by atoms with Crippen LogP contribution in [0.3, 0.4) is 0 Å². The Hall–Kier alpha value is -1.02. The Bertz CT molecular complexity index is 288. The molecular formula is C20H37NO. The minimum Gasteiger partial charge on any atom is -0.508 e. The van der Waals surface area contributed by atoms with Crippen LogP contribution >= 0.6 is 0 Å². The van der Waals surface area contributed by atoms with Crippen molar-refractivity contribution in [1.82, 2.24) is 5.32 Å². The van der Waals surface area contributed by atoms with Gasteiger partial charge in [-0.1, -0.05) is 89.3 Å². The first kappa shape index (κ1) is 21.0. The molecule has 2 N–H and O–H groups in total. The minimum absolute atomic E-state index is 0.322. The van der Waals surface area contributed by atoms with Gasteiger partial charge in [-0.3, -0.25) is 0 Å². The van der Waals surface area contributed by atoms with E-state index in [0.29, 0.717) is 5.75 Å². The van der Waals surface area contributed by atoms with Crippen molar-refractivity contribution < 1.29 is 5.11 Å². The molecule has 0 saturated heterocycles. The Balaban J connectivity index is 0.000000518. The van der Waals surface area contributed by atoms with Crippen molar-refractivity contribution in [3.63, 3.8) is 0 Å². The van der Waals surface area contributed by atoms with Crippen LogP contribution in [0.5, 0.6) is 5.75 Å². The molecule has 128 valence electrons. The smallest absolute Gasteiger partial charge is 0.115 e. The van der Waals surface area contributed by atoms with Gasteiger partial charge in [0.05, 0.1) is 0 Å². The van der Waals surface area contributed by atoms with Crippen molar-refractivity contribution in [2.75, 3.05) is 13.6 Å². The summed E-state index contributed by atoms with van der Waals surface area (Å²) in [5.74, 6) is 0.322. The second kappa shape index (κ2) is 18.0. The van der Waals surface area contributed by atoms with Crippen LogP contribution < -0.4 is 5.32 Å². The summed E-state index contributed by atoms with van der Waals surface area (Å²) in [6.45, 7) is 3.47. The van der Waals surface area contributed by atoms with Crippen LogP contribution in [0.4, 0.5) is 0 Å². The first-order chi connectivity index (χ1) is 10.8. The van der Waals surface area contributed by atoms with Crippen LogP contribution in [0.2, 0.25) is 0 Å². The van der Waals surface area contributed by atoms with Crippen LogP contribution in [-0.2, 0) is 0 Å². The molecule has 0 atom stereocenters. The molecule has 2 heteroatoms. The van der Waals surface area contributed by atoms with Gasteiger partial charge >= 0.3 is 0 Å². The number of phenolic OH excluding ortho intramolecular Hbond substituents is 1. The van der Waals surface area contributed by atoms with E-state index in [9.17, 15) is 0 Å². The van der Waals surface area contributed by atoms with E-state index in [-0.39, 0.29) is 0 Å². The third kappa shape index (κ3) is 17.0. The molecule has 0 radical (unpaired) electrons. The molecule has 1 rings (SSSR count). The first-order valence-corrected chi connectivity index (χ1v) is 9.19. The molecule has 1 aromatic rings. The predicted molar refractivity (Wildman–Crippen MR) is 98.5 cm³/mol. The topological polar surface area (TPSA) is 32.3 Å². The molecule has 1 aromatic carbocycles. The Labute approximate surface area is 138 Å². The second-order valence-electron chi connectivity index (χ2n) is 5.97. The molecule has 0 aromatic heterocycles. The molecular weight excluding hydrogens is 270 g/mol. The fourth-order valence-corrected chi connectivity index (χ4v) is 2.39. The third-order valence-corrected chi connectivity index (χ3v) is 3.79. The maximum atomic E-state index is 8.63. The molecule has 22 heavy (non-hydrogen) atoms. The summed E-state index contributed by atoms with van der Waals surface area (Å²) >= 11 is 0. The van der Waals surface area contributed by atoms with E-state index >= 15 is 0 Å². The van der Waals surface area contributed by atoms with Crippen molar-refractivity contribution >= 4 is 0 Å². The van der Waals surface area contributed by atoms with Crippen LogP contribution in [0.1, 0.15) is 77.6 Å². The second-order valence-corrected chi connectivity index (χ2v) is 5.97. The molecule has 0 amide bonds. The van der Waals surface area contributed by atoms with E-state index in [4.69, 9.17) is 5.11 Å². The van der Waals surface area contributed by atoms with Gasteiger partial charge in [0.25, 0.3) is 0 Å². The molecule has 0 heterocycles. The quantitative estimate of drug-likeness (QED) is 0.470. The Morgan fingerprint density at radius 3 is 1.55 bits per heavy atom. The molecule has 0 bridgehead atoms. The molecule has 0 fully saturated rings. The molecule has 0 saturated carbocycles. The van der Waals surface area contributed by atoms with Crippen LogP contribution in [0.25, 0.3) is 0 Å². The standard InChI is InChI=1S/C14H31N.C6H6O/c1-3-4-5-6-7-8-9-10-11-12-13-14-15-2;7-6-4-2-1-3-5-6/h15H,3-14H2,1-2H3;1-5,7H. The van der Waals surface area contributed by atoms with Gasteiger partial charge in [0.15, 0.2) is 0 Å². The number of rotatable bonds is 12. The van der Waals surface area contributed by atoms with Gasteiger partial charge in [-0.2, -0.15) is 0 Å². The van der Waals surface area contributed by atoms with E-state index in [1.807, 2.05) is 13.1 Å². The summed E-state index contributed by atoms with van der Waals surface area (Å²) in [7, 11) is 2.04. The van der Waals surface area contributed by atoms with E-state index in [1.54, 1.807) is 24.3 Å². The average Bonchev–Trinajstić information content (AvgIpc) is 2.54. The fraction of sp³-hybridized carbons (Fsp3) is 0.700. The number of para-hydroxylation sites is 1. The Kier molecular flexibility index (Phi) is 17.2. The first-order valence-electron chi connectivity index (χ1n) is 9.19. The van der Waals surface area contributed by atoms with Gasteiger partial charge in [0.2, 0.25) is 0 Å². The van der Waals surface area contributed by atoms with Gasteiger partial charge in [-0.15, -0.1) is 0 Å². The van der Waals surface area contributed by atoms with Crippen molar-refractivity contribution in [2.45, 2.75) is 77.6 Å². The average molecular weight is 308 g/mol. The van der Waals surface area contributed by atoms with Crippen molar-refractivity contribution in [1.29, 1.82) is 0 Å². The number of nitrogens with one attached hydrogen (secondary N) is 1. The van der Waals surface area contributed by atoms with E-state index in [0.717, 1.165) is 0 Å². The number of hydrogen-bond acceptors (Lipinski definition) is 2. The van der Waals surface area contributed by atoms with E-state index in [2.05, 4.69) is 12.2 Å². The zero-order valence-corrected chi connectivity index (χ0v) is 14.8. The summed E-state index contributed by atoms with van der Waals surface area (Å²) in [4.78, 5) is 0. The normalized spacial score (nSPS) is 10.1. The van der Waals surface area contributed by atoms with Gasteiger partial charge in [0.1, 0.15) is 5.75 Å². The summed E-state index contributed by atoms with van der Waals surface area (Å²) in [5.41, 5.74) is 0. The SMILES string of the molecule is CCCCCCCCCCCCCNC.Oc1ccccc1. The van der Waals surface area contributed by atoms with Crippen LogP contribution in [-0.4, -0.2) is 18.7 Å². The van der Waals surface area contributed by atoms with Crippen LogP contribution in [0.15, 0.2) is 30.3 Å². The number of hydrogen-bond donors (Lipinski definition) is 2. The van der Waals surface area contributed by atoms with Crippen molar-refractivity contribution in [3.8, 4) is 5.75 Å². The lowest BCUT2D eigenvalue weighted by Gasteiger charge is -2.02. The zero-order chi connectivity index (χ0) is 16.3. The molecule has 2 nitrogen and oxygen atoms in total. The molecule has 0 spiro atoms. The van der Waals surface area contributed by atoms with Gasteiger partial charge < -0.3 is 10.4 Å². The Morgan fingerprint density at radius 1 is 0.727 bits per heavy atom. The lowest BCUT2D eigenvalue weighted by molar-refractivity contribution is 0.475. The molecule has 0 aliphatic heterocycles. The lowest BCUT2D eigenvalue weighted by Crippen LogP contribution is -2.06. The number of phenols is 1. The van der Waals surface area contributed by atoms with Gasteiger partial charge in [-0.25, -0.2) is 0 Å². The zero-order valence-electron chi connectivity index (χ0n) is 14.8. The predicted octanol–water partition coefficient (Wildman–Crippen LogP) is 5.91. The maximum absolute atomic E-state index is 8.63. The Morgan fingerprint density at radius 2 is 1.18 bits per heavy atom. The largest absolute Gasteiger partial charge is 0.508 e. The van der Waals surface area contributed by atoms with E-state index < -0.39 is 0 Å². The highest BCUT2D eigenvalue weighted by Gasteiger charge is 1.92. The van der Waals surface area contributed by atoms with E-state index in [1.165, 1.54) is 77.2 Å². The van der Waals surface area contributed by atoms with Gasteiger partial charge in [0, 0.05) is 0 Å². The number of unbranched alkanes of at least 4 members (excludes halogenated alkanes) is 10. The highest BCUT2D eigenvalue weighted by molar-refractivity contribution is 5.18. The lowest BCUT2D eigenvalue weighted by atomic mass is 10.1. The summed E-state index contributed by atoms with van der Waals surface area (Å²) in [5, 5.41) is 11.8. The highest BCUT2D eigenvalue weighted by atomic mass is 16.3. The summed E-state index contributed by atoms with van der Waals surface area (Å²) in [6.07, 6.45) is 15.8. The minimum atomic E-state index is 0.322. The van der Waals surface area contributed by atoms with Gasteiger partial charge in [-0.05, 0) is 32.1 Å².